The van der Waals surface area contributed by atoms with E-state index in [-0.39, 0.29) is 0 Å². The van der Waals surface area contributed by atoms with Crippen LogP contribution < -0.4 is 0 Å². The molecule has 0 unspecified atom stereocenters. The van der Waals surface area contributed by atoms with Gasteiger partial charge < -0.3 is 0 Å². The van der Waals surface area contributed by atoms with E-state index < -0.39 is 0 Å². The average Bonchev–Trinajstić information content (AvgIpc) is 3.22. The topological polar surface area (TPSA) is 0 Å². The Hall–Kier alpha value is -6.76. The maximum atomic E-state index is 2.40. The standard InChI is InChI=1S/C52H32/c1-2-15-43-35(8-1)24-28-47-45-16-3-4-17-46(45)49(32-50(43)47)42-14-7-12-40(31-42)34-20-18-33(19-21-34)39-11-6-13-41(30-39)44-27-25-38-23-22-36-9-5-10-37-26-29-48(44)52(38)51(36)37/h1-32H. The molecule has 0 aliphatic rings. The zero-order chi connectivity index (χ0) is 34.2. The highest BCUT2D eigenvalue weighted by atomic mass is 14.2. The molecule has 0 saturated carbocycles. The Morgan fingerprint density at radius 3 is 1.40 bits per heavy atom. The lowest BCUT2D eigenvalue weighted by atomic mass is 9.89. The van der Waals surface area contributed by atoms with Crippen LogP contribution in [0.3, 0.4) is 0 Å². The monoisotopic (exact) mass is 656 g/mol. The molecular weight excluding hydrogens is 625 g/mol. The summed E-state index contributed by atoms with van der Waals surface area (Å²) in [7, 11) is 0. The predicted molar refractivity (Wildman–Crippen MR) is 224 cm³/mol. The lowest BCUT2D eigenvalue weighted by Crippen LogP contribution is -1.88. The number of hydrogen-bond acceptors (Lipinski definition) is 0. The summed E-state index contributed by atoms with van der Waals surface area (Å²) in [6.45, 7) is 0. The first-order valence-electron chi connectivity index (χ1n) is 18.1. The third kappa shape index (κ3) is 4.48. The minimum Gasteiger partial charge on any atom is -0.0616 e. The minimum absolute atomic E-state index is 1.21. The predicted octanol–water partition coefficient (Wildman–Crippen LogP) is 14.7. The van der Waals surface area contributed by atoms with Crippen molar-refractivity contribution in [2.75, 3.05) is 0 Å². The molecule has 240 valence electrons. The largest absolute Gasteiger partial charge is 0.0616 e. The van der Waals surface area contributed by atoms with Gasteiger partial charge >= 0.3 is 0 Å². The number of benzene rings is 11. The molecule has 0 aliphatic carbocycles. The van der Waals surface area contributed by atoms with Crippen LogP contribution in [-0.2, 0) is 0 Å². The van der Waals surface area contributed by atoms with Crippen LogP contribution in [0, 0.1) is 0 Å². The molecule has 0 radical (unpaired) electrons. The zero-order valence-electron chi connectivity index (χ0n) is 28.5. The van der Waals surface area contributed by atoms with Crippen molar-refractivity contribution < 1.29 is 0 Å². The molecule has 0 aromatic heterocycles. The van der Waals surface area contributed by atoms with Crippen molar-refractivity contribution in [2.24, 2.45) is 0 Å². The van der Waals surface area contributed by atoms with Crippen molar-refractivity contribution in [2.45, 2.75) is 0 Å². The molecule has 0 spiro atoms. The van der Waals surface area contributed by atoms with Crippen molar-refractivity contribution in [1.82, 2.24) is 0 Å². The molecule has 11 aromatic carbocycles. The van der Waals surface area contributed by atoms with Crippen LogP contribution in [0.2, 0.25) is 0 Å². The first kappa shape index (κ1) is 29.0. The third-order valence-corrected chi connectivity index (χ3v) is 11.2. The van der Waals surface area contributed by atoms with Crippen molar-refractivity contribution in [3.05, 3.63) is 194 Å². The van der Waals surface area contributed by atoms with Gasteiger partial charge in [0.2, 0.25) is 0 Å². The maximum absolute atomic E-state index is 2.40. The normalized spacial score (nSPS) is 11.8. The van der Waals surface area contributed by atoms with Gasteiger partial charge in [0.25, 0.3) is 0 Å². The average molecular weight is 657 g/mol. The molecule has 0 N–H and O–H groups in total. The van der Waals surface area contributed by atoms with Gasteiger partial charge in [0.15, 0.2) is 0 Å². The van der Waals surface area contributed by atoms with E-state index in [4.69, 9.17) is 0 Å². The van der Waals surface area contributed by atoms with Gasteiger partial charge in [-0.15, -0.1) is 0 Å². The highest BCUT2D eigenvalue weighted by Gasteiger charge is 2.14. The van der Waals surface area contributed by atoms with Crippen molar-refractivity contribution in [3.8, 4) is 44.5 Å². The van der Waals surface area contributed by atoms with E-state index in [0.717, 1.165) is 0 Å². The molecule has 11 rings (SSSR count). The summed E-state index contributed by atoms with van der Waals surface area (Å²) in [6, 6.07) is 71.8. The van der Waals surface area contributed by atoms with E-state index in [1.165, 1.54) is 109 Å². The van der Waals surface area contributed by atoms with Gasteiger partial charge in [-0.05, 0) is 127 Å². The molecule has 0 nitrogen and oxygen atoms in total. The summed E-state index contributed by atoms with van der Waals surface area (Å²) in [5, 5.41) is 15.6. The number of hydrogen-bond donors (Lipinski definition) is 0. The van der Waals surface area contributed by atoms with Crippen molar-refractivity contribution >= 4 is 64.6 Å². The second kappa shape index (κ2) is 11.4. The second-order valence-corrected chi connectivity index (χ2v) is 14.1. The van der Waals surface area contributed by atoms with E-state index in [0.29, 0.717) is 0 Å². The van der Waals surface area contributed by atoms with Gasteiger partial charge in [0.1, 0.15) is 0 Å². The molecule has 0 heterocycles. The number of fused-ring (bicyclic) bond motifs is 5. The van der Waals surface area contributed by atoms with E-state index in [2.05, 4.69) is 194 Å². The SMILES string of the molecule is c1cc(-c2ccc(-c3cccc(-c4ccc5ccc6cccc7ccc4c5c67)c3)cc2)cc(-c2cc3c4ccccc4ccc3c3ccccc23)c1. The smallest absolute Gasteiger partial charge is 0.00206 e. The van der Waals surface area contributed by atoms with Crippen LogP contribution in [0.1, 0.15) is 0 Å². The Morgan fingerprint density at radius 1 is 0.192 bits per heavy atom. The Labute approximate surface area is 302 Å². The molecule has 0 bridgehead atoms. The van der Waals surface area contributed by atoms with Crippen LogP contribution in [0.5, 0.6) is 0 Å². The summed E-state index contributed by atoms with van der Waals surface area (Å²) in [6.07, 6.45) is 0. The Balaban J connectivity index is 0.972. The van der Waals surface area contributed by atoms with Crippen LogP contribution in [0.4, 0.5) is 0 Å². The van der Waals surface area contributed by atoms with Gasteiger partial charge in [-0.25, -0.2) is 0 Å². The van der Waals surface area contributed by atoms with Gasteiger partial charge in [0.05, 0.1) is 0 Å². The van der Waals surface area contributed by atoms with Crippen LogP contribution in [-0.4, -0.2) is 0 Å². The van der Waals surface area contributed by atoms with Gasteiger partial charge in [-0.2, -0.15) is 0 Å². The zero-order valence-corrected chi connectivity index (χ0v) is 28.5. The molecule has 0 fully saturated rings. The first-order chi connectivity index (χ1) is 25.8. The fourth-order valence-electron chi connectivity index (χ4n) is 8.67. The molecule has 0 atom stereocenters. The Bertz CT molecular complexity index is 3150. The van der Waals surface area contributed by atoms with Crippen LogP contribution in [0.25, 0.3) is 109 Å². The lowest BCUT2D eigenvalue weighted by molar-refractivity contribution is 1.58. The lowest BCUT2D eigenvalue weighted by Gasteiger charge is -2.15. The van der Waals surface area contributed by atoms with Crippen LogP contribution >= 0.6 is 0 Å². The third-order valence-electron chi connectivity index (χ3n) is 11.2. The second-order valence-electron chi connectivity index (χ2n) is 14.1. The molecule has 0 saturated heterocycles. The van der Waals surface area contributed by atoms with Gasteiger partial charge in [0, 0.05) is 0 Å². The molecule has 52 heavy (non-hydrogen) atoms. The highest BCUT2D eigenvalue weighted by Crippen LogP contribution is 2.41. The van der Waals surface area contributed by atoms with Crippen molar-refractivity contribution in [1.29, 1.82) is 0 Å². The highest BCUT2D eigenvalue weighted by molar-refractivity contribution is 6.25. The number of rotatable bonds is 4. The molecule has 0 aliphatic heterocycles. The van der Waals surface area contributed by atoms with Gasteiger partial charge in [-0.1, -0.05) is 176 Å². The van der Waals surface area contributed by atoms with E-state index in [1.54, 1.807) is 0 Å². The molecule has 0 amide bonds. The minimum atomic E-state index is 1.21. The Morgan fingerprint density at radius 2 is 0.673 bits per heavy atom. The fraction of sp³-hybridized carbons (Fsp3) is 0. The fourth-order valence-corrected chi connectivity index (χ4v) is 8.67. The molecular formula is C52H32. The van der Waals surface area contributed by atoms with E-state index in [1.807, 2.05) is 0 Å². The Kier molecular flexibility index (Phi) is 6.35. The summed E-state index contributed by atoms with van der Waals surface area (Å²) in [5.41, 5.74) is 9.87. The van der Waals surface area contributed by atoms with Gasteiger partial charge in [-0.3, -0.25) is 0 Å². The van der Waals surface area contributed by atoms with Crippen molar-refractivity contribution in [3.63, 3.8) is 0 Å². The summed E-state index contributed by atoms with van der Waals surface area (Å²) in [5.74, 6) is 0. The summed E-state index contributed by atoms with van der Waals surface area (Å²) < 4.78 is 0. The quantitative estimate of drug-likeness (QED) is 0.165. The molecule has 0 heteroatoms. The van der Waals surface area contributed by atoms with E-state index in [9.17, 15) is 0 Å². The summed E-state index contributed by atoms with van der Waals surface area (Å²) in [4.78, 5) is 0. The molecule has 11 aromatic rings. The summed E-state index contributed by atoms with van der Waals surface area (Å²) >= 11 is 0. The van der Waals surface area contributed by atoms with Crippen LogP contribution in [0.15, 0.2) is 194 Å². The first-order valence-corrected chi connectivity index (χ1v) is 18.1. The van der Waals surface area contributed by atoms with E-state index >= 15 is 0 Å². The maximum Gasteiger partial charge on any atom is -0.00206 e.